The molecule has 3 unspecified atom stereocenters. The maximum absolute atomic E-state index is 13.5. The van der Waals surface area contributed by atoms with Gasteiger partial charge in [-0.15, -0.1) is 0 Å². The maximum Gasteiger partial charge on any atom is 0.282 e. The van der Waals surface area contributed by atoms with Crippen molar-refractivity contribution in [2.75, 3.05) is 56.5 Å². The highest BCUT2D eigenvalue weighted by molar-refractivity contribution is 9.10. The van der Waals surface area contributed by atoms with Crippen LogP contribution in [0.5, 0.6) is 0 Å². The highest BCUT2D eigenvalue weighted by Crippen LogP contribution is 2.43. The van der Waals surface area contributed by atoms with Gasteiger partial charge in [-0.25, -0.2) is 4.68 Å². The summed E-state index contributed by atoms with van der Waals surface area (Å²) in [7, 11) is 3.75. The third-order valence-corrected chi connectivity index (χ3v) is 11.5. The van der Waals surface area contributed by atoms with Crippen molar-refractivity contribution in [3.8, 4) is 0 Å². The number of imide groups is 1. The number of halogens is 1. The van der Waals surface area contributed by atoms with Gasteiger partial charge in [0.1, 0.15) is 4.47 Å². The smallest absolute Gasteiger partial charge is 0.282 e. The largest absolute Gasteiger partial charge is 0.379 e. The first-order valence-electron chi connectivity index (χ1n) is 16.8. The Morgan fingerprint density at radius 1 is 0.958 bits per heavy atom. The molecule has 1 spiro atoms. The summed E-state index contributed by atoms with van der Waals surface area (Å²) in [5, 5.41) is 10.1. The van der Waals surface area contributed by atoms with E-state index in [1.54, 1.807) is 13.2 Å². The molecule has 4 aliphatic rings. The van der Waals surface area contributed by atoms with E-state index >= 15 is 0 Å². The van der Waals surface area contributed by atoms with E-state index in [0.29, 0.717) is 28.9 Å². The van der Waals surface area contributed by atoms with Crippen LogP contribution < -0.4 is 21.1 Å². The van der Waals surface area contributed by atoms with E-state index in [1.165, 1.54) is 10.2 Å². The minimum absolute atomic E-state index is 0.0972. The lowest BCUT2D eigenvalue weighted by molar-refractivity contribution is -0.134. The van der Waals surface area contributed by atoms with Gasteiger partial charge in [0.2, 0.25) is 11.8 Å². The lowest BCUT2D eigenvalue weighted by Crippen LogP contribution is -2.61. The van der Waals surface area contributed by atoms with Gasteiger partial charge in [-0.05, 0) is 90.0 Å². The lowest BCUT2D eigenvalue weighted by Gasteiger charge is -2.55. The van der Waals surface area contributed by atoms with Crippen LogP contribution in [-0.4, -0.2) is 89.7 Å². The highest BCUT2D eigenvalue weighted by Gasteiger charge is 2.45. The van der Waals surface area contributed by atoms with Crippen LogP contribution in [0.2, 0.25) is 0 Å². The van der Waals surface area contributed by atoms with Crippen LogP contribution >= 0.6 is 15.9 Å². The second-order valence-corrected chi connectivity index (χ2v) is 15.0. The molecule has 7 rings (SSSR count). The number of amides is 3. The molecule has 11 nitrogen and oxygen atoms in total. The Bertz CT molecular complexity index is 1760. The molecule has 2 aromatic carbocycles. The molecule has 48 heavy (non-hydrogen) atoms. The minimum Gasteiger partial charge on any atom is -0.379 e. The Labute approximate surface area is 288 Å². The van der Waals surface area contributed by atoms with E-state index in [2.05, 4.69) is 72.8 Å². The van der Waals surface area contributed by atoms with Crippen molar-refractivity contribution < 1.29 is 14.4 Å². The first-order valence-corrected chi connectivity index (χ1v) is 17.6. The van der Waals surface area contributed by atoms with Crippen LogP contribution in [0, 0.1) is 5.41 Å². The molecule has 5 heterocycles. The molecule has 4 aliphatic heterocycles. The number of hydrogen-bond acceptors (Lipinski definition) is 8. The topological polar surface area (TPSA) is 120 Å². The molecule has 1 aromatic heterocycles. The van der Waals surface area contributed by atoms with Gasteiger partial charge in [-0.1, -0.05) is 24.3 Å². The van der Waals surface area contributed by atoms with Crippen LogP contribution in [0.1, 0.15) is 65.4 Å². The average molecular weight is 717 g/mol. The lowest BCUT2D eigenvalue weighted by atomic mass is 9.71. The molecule has 0 radical (unpaired) electrons. The van der Waals surface area contributed by atoms with Gasteiger partial charge < -0.3 is 20.0 Å². The predicted octanol–water partition coefficient (Wildman–Crippen LogP) is 3.71. The molecule has 12 heteroatoms. The minimum atomic E-state index is -0.263. The van der Waals surface area contributed by atoms with E-state index in [1.807, 2.05) is 29.2 Å². The van der Waals surface area contributed by atoms with E-state index < -0.39 is 0 Å². The second-order valence-electron chi connectivity index (χ2n) is 14.2. The SMILES string of the molecule is CN1CC(Nc2cnn(C)c(=O)c2Br)CC(c2ccc(C(=O)N3CCC4(CC3)CN(c3ccc(C5CCC(=O)NC5=O)cc3)C4)cc2)C1. The Morgan fingerprint density at radius 2 is 1.65 bits per heavy atom. The molecule has 252 valence electrons. The Kier molecular flexibility index (Phi) is 8.88. The molecule has 0 saturated carbocycles. The van der Waals surface area contributed by atoms with Crippen molar-refractivity contribution in [2.24, 2.45) is 12.5 Å². The first-order chi connectivity index (χ1) is 23.1. The van der Waals surface area contributed by atoms with Crippen molar-refractivity contribution in [3.63, 3.8) is 0 Å². The summed E-state index contributed by atoms with van der Waals surface area (Å²) in [5.74, 6) is -0.263. The molecule has 3 amide bonds. The fourth-order valence-corrected chi connectivity index (χ4v) is 8.43. The van der Waals surface area contributed by atoms with E-state index in [0.717, 1.165) is 75.3 Å². The molecule has 2 N–H and O–H groups in total. The number of anilines is 2. The Hall–Kier alpha value is -4.03. The van der Waals surface area contributed by atoms with Gasteiger partial charge >= 0.3 is 0 Å². The standard InChI is InChI=1S/C36H42BrN7O4/c1-41-19-26(17-27(20-41)39-30-18-38-42(2)35(48)32(30)37)23-3-5-25(6-4-23)34(47)43-15-13-36(14-16-43)21-44(22-36)28-9-7-24(8-10-28)29-11-12-31(45)40-33(29)46/h3-10,18,26-27,29,39H,11-17,19-22H2,1-2H3,(H,40,45,46). The quantitative estimate of drug-likeness (QED) is 0.371. The third kappa shape index (κ3) is 6.52. The molecular formula is C36H42BrN7O4. The van der Waals surface area contributed by atoms with Gasteiger partial charge in [-0.3, -0.25) is 24.5 Å². The summed E-state index contributed by atoms with van der Waals surface area (Å²) in [5.41, 5.74) is 4.82. The molecule has 3 aromatic rings. The number of aromatic nitrogens is 2. The zero-order valence-electron chi connectivity index (χ0n) is 27.5. The van der Waals surface area contributed by atoms with Crippen LogP contribution in [0.25, 0.3) is 0 Å². The van der Waals surface area contributed by atoms with Gasteiger partial charge in [0.15, 0.2) is 0 Å². The Morgan fingerprint density at radius 3 is 2.33 bits per heavy atom. The number of likely N-dealkylation sites (N-methyl/N-ethyl adjacent to an activating group) is 1. The molecule has 4 fully saturated rings. The predicted molar refractivity (Wildman–Crippen MR) is 187 cm³/mol. The first kappa shape index (κ1) is 32.5. The van der Waals surface area contributed by atoms with Crippen molar-refractivity contribution in [2.45, 2.75) is 50.0 Å². The number of hydrogen-bond donors (Lipinski definition) is 2. The van der Waals surface area contributed by atoms with Crippen molar-refractivity contribution in [1.29, 1.82) is 0 Å². The second kappa shape index (κ2) is 13.1. The number of aryl methyl sites for hydroxylation is 1. The average Bonchev–Trinajstić information content (AvgIpc) is 3.07. The summed E-state index contributed by atoms with van der Waals surface area (Å²) in [4.78, 5) is 56.2. The van der Waals surface area contributed by atoms with E-state index in [9.17, 15) is 19.2 Å². The van der Waals surface area contributed by atoms with Crippen molar-refractivity contribution >= 4 is 45.0 Å². The third-order valence-electron chi connectivity index (χ3n) is 10.8. The van der Waals surface area contributed by atoms with Gasteiger partial charge in [-0.2, -0.15) is 5.10 Å². The summed E-state index contributed by atoms with van der Waals surface area (Å²) < 4.78 is 1.80. The number of carbonyl (C=O) groups excluding carboxylic acids is 3. The fourth-order valence-electron chi connectivity index (χ4n) is 7.95. The zero-order valence-corrected chi connectivity index (χ0v) is 29.0. The van der Waals surface area contributed by atoms with E-state index in [-0.39, 0.29) is 40.7 Å². The molecule has 4 saturated heterocycles. The normalized spacial score (nSPS) is 24.3. The van der Waals surface area contributed by atoms with Gasteiger partial charge in [0, 0.05) is 75.4 Å². The van der Waals surface area contributed by atoms with Gasteiger partial charge in [0.25, 0.3) is 11.5 Å². The maximum atomic E-state index is 13.5. The number of rotatable bonds is 6. The zero-order chi connectivity index (χ0) is 33.6. The number of likely N-dealkylation sites (tertiary alicyclic amines) is 2. The Balaban J connectivity index is 0.907. The summed E-state index contributed by atoms with van der Waals surface area (Å²) in [6, 6.07) is 16.5. The van der Waals surface area contributed by atoms with Crippen LogP contribution in [0.15, 0.2) is 64.0 Å². The van der Waals surface area contributed by atoms with Crippen LogP contribution in [0.3, 0.4) is 0 Å². The summed E-state index contributed by atoms with van der Waals surface area (Å²) >= 11 is 3.42. The van der Waals surface area contributed by atoms with Crippen LogP contribution in [0.4, 0.5) is 11.4 Å². The monoisotopic (exact) mass is 715 g/mol. The number of nitrogens with one attached hydrogen (secondary N) is 2. The summed E-state index contributed by atoms with van der Waals surface area (Å²) in [6.45, 7) is 5.26. The molecule has 3 atom stereocenters. The van der Waals surface area contributed by atoms with E-state index in [4.69, 9.17) is 0 Å². The highest BCUT2D eigenvalue weighted by atomic mass is 79.9. The molecular weight excluding hydrogens is 674 g/mol. The van der Waals surface area contributed by atoms with Gasteiger partial charge in [0.05, 0.1) is 17.8 Å². The summed E-state index contributed by atoms with van der Waals surface area (Å²) in [6.07, 6.45) is 5.52. The number of carbonyl (C=O) groups is 3. The number of piperidine rings is 3. The van der Waals surface area contributed by atoms with Crippen molar-refractivity contribution in [3.05, 3.63) is 86.2 Å². The number of nitrogens with zero attached hydrogens (tertiary/aromatic N) is 5. The molecule has 0 bridgehead atoms. The number of benzene rings is 2. The molecule has 0 aliphatic carbocycles. The van der Waals surface area contributed by atoms with Crippen LogP contribution in [-0.2, 0) is 16.6 Å². The fraction of sp³-hybridized carbons (Fsp3) is 0.472. The van der Waals surface area contributed by atoms with Crippen molar-refractivity contribution in [1.82, 2.24) is 24.9 Å².